The molecule has 0 amide bonds. The summed E-state index contributed by atoms with van der Waals surface area (Å²) in [6.07, 6.45) is 5.37. The van der Waals surface area contributed by atoms with Gasteiger partial charge in [0.2, 0.25) is 0 Å². The molecule has 2 saturated heterocycles. The van der Waals surface area contributed by atoms with Gasteiger partial charge in [-0.3, -0.25) is 4.90 Å². The Hall–Kier alpha value is -1.20. The van der Waals surface area contributed by atoms with E-state index in [9.17, 15) is 0 Å². The van der Waals surface area contributed by atoms with Crippen molar-refractivity contribution in [2.45, 2.75) is 38.3 Å². The van der Waals surface area contributed by atoms with Crippen LogP contribution in [0.15, 0.2) is 12.3 Å². The Labute approximate surface area is 114 Å². The number of piperidine rings is 1. The molecule has 2 fully saturated rings. The molecule has 2 N–H and O–H groups in total. The first-order valence-corrected chi connectivity index (χ1v) is 7.26. The van der Waals surface area contributed by atoms with Gasteiger partial charge in [0.1, 0.15) is 11.6 Å². The van der Waals surface area contributed by atoms with Gasteiger partial charge in [-0.05, 0) is 45.3 Å². The summed E-state index contributed by atoms with van der Waals surface area (Å²) in [6, 6.07) is 3.10. The Balaban J connectivity index is 1.61. The summed E-state index contributed by atoms with van der Waals surface area (Å²) in [5.74, 6) is 1.92. The summed E-state index contributed by atoms with van der Waals surface area (Å²) in [7, 11) is 0. The van der Waals surface area contributed by atoms with Gasteiger partial charge in [-0.25, -0.2) is 9.97 Å². The molecule has 0 saturated carbocycles. The summed E-state index contributed by atoms with van der Waals surface area (Å²) >= 11 is 0. The van der Waals surface area contributed by atoms with Crippen LogP contribution in [0, 0.1) is 6.92 Å². The molecular weight excluding hydrogens is 238 g/mol. The summed E-state index contributed by atoms with van der Waals surface area (Å²) < 4.78 is 0. The van der Waals surface area contributed by atoms with Gasteiger partial charge in [0.15, 0.2) is 0 Å². The van der Waals surface area contributed by atoms with Gasteiger partial charge in [0, 0.05) is 31.4 Å². The topological polar surface area (TPSA) is 58.3 Å². The van der Waals surface area contributed by atoms with Gasteiger partial charge < -0.3 is 10.6 Å². The zero-order valence-corrected chi connectivity index (χ0v) is 11.6. The third kappa shape index (κ3) is 2.87. The molecule has 1 aromatic heterocycles. The quantitative estimate of drug-likeness (QED) is 0.853. The van der Waals surface area contributed by atoms with Crippen molar-refractivity contribution in [1.82, 2.24) is 14.9 Å². The largest absolute Gasteiger partial charge is 0.355 e. The normalized spacial score (nSPS) is 26.0. The maximum absolute atomic E-state index is 5.98. The standard InChI is InChI=1S/C14H23N5/c1-11-16-6-2-14(17-11)19-9-5-13(10-19)18-7-3-12(15)4-8-18/h2,6,12-13H,3-5,7-10,15H2,1H3. The van der Waals surface area contributed by atoms with Crippen LogP contribution in [-0.4, -0.2) is 53.1 Å². The highest BCUT2D eigenvalue weighted by molar-refractivity contribution is 5.39. The van der Waals surface area contributed by atoms with Crippen LogP contribution in [0.2, 0.25) is 0 Å². The number of nitrogens with zero attached hydrogens (tertiary/aromatic N) is 4. The summed E-state index contributed by atoms with van der Waals surface area (Å²) in [5, 5.41) is 0. The van der Waals surface area contributed by atoms with E-state index >= 15 is 0 Å². The van der Waals surface area contributed by atoms with Crippen molar-refractivity contribution in [3.63, 3.8) is 0 Å². The predicted molar refractivity (Wildman–Crippen MR) is 76.2 cm³/mol. The molecule has 2 aliphatic rings. The first-order valence-electron chi connectivity index (χ1n) is 7.26. The van der Waals surface area contributed by atoms with Crippen LogP contribution >= 0.6 is 0 Å². The smallest absolute Gasteiger partial charge is 0.132 e. The van der Waals surface area contributed by atoms with E-state index in [1.807, 2.05) is 19.2 Å². The van der Waals surface area contributed by atoms with E-state index in [1.54, 1.807) is 0 Å². The van der Waals surface area contributed by atoms with E-state index in [2.05, 4.69) is 19.8 Å². The first kappa shape index (κ1) is 12.8. The molecule has 0 bridgehead atoms. The van der Waals surface area contributed by atoms with Crippen LogP contribution in [0.5, 0.6) is 0 Å². The average Bonchev–Trinajstić information content (AvgIpc) is 2.89. The molecule has 3 rings (SSSR count). The van der Waals surface area contributed by atoms with Crippen molar-refractivity contribution >= 4 is 5.82 Å². The Morgan fingerprint density at radius 2 is 2.00 bits per heavy atom. The van der Waals surface area contributed by atoms with Crippen molar-refractivity contribution in [3.05, 3.63) is 18.1 Å². The van der Waals surface area contributed by atoms with Gasteiger partial charge in [-0.2, -0.15) is 0 Å². The number of aryl methyl sites for hydroxylation is 1. The van der Waals surface area contributed by atoms with Crippen LogP contribution < -0.4 is 10.6 Å². The third-order valence-corrected chi connectivity index (χ3v) is 4.34. The predicted octanol–water partition coefficient (Wildman–Crippen LogP) is 0.787. The minimum absolute atomic E-state index is 0.415. The fourth-order valence-electron chi connectivity index (χ4n) is 3.15. The van der Waals surface area contributed by atoms with E-state index in [1.165, 1.54) is 6.42 Å². The maximum atomic E-state index is 5.98. The molecule has 0 aromatic carbocycles. The second-order valence-electron chi connectivity index (χ2n) is 5.72. The lowest BCUT2D eigenvalue weighted by Crippen LogP contribution is -2.46. The van der Waals surface area contributed by atoms with Crippen molar-refractivity contribution < 1.29 is 0 Å². The monoisotopic (exact) mass is 261 g/mol. The molecule has 104 valence electrons. The third-order valence-electron chi connectivity index (χ3n) is 4.34. The van der Waals surface area contributed by atoms with E-state index in [0.29, 0.717) is 12.1 Å². The molecule has 2 aliphatic heterocycles. The maximum Gasteiger partial charge on any atom is 0.132 e. The van der Waals surface area contributed by atoms with Crippen LogP contribution in [-0.2, 0) is 0 Å². The van der Waals surface area contributed by atoms with Crippen LogP contribution in [0.3, 0.4) is 0 Å². The van der Waals surface area contributed by atoms with E-state index in [0.717, 1.165) is 50.7 Å². The average molecular weight is 261 g/mol. The zero-order valence-electron chi connectivity index (χ0n) is 11.6. The summed E-state index contributed by atoms with van der Waals surface area (Å²) in [4.78, 5) is 13.7. The number of rotatable bonds is 2. The summed E-state index contributed by atoms with van der Waals surface area (Å²) in [6.45, 7) is 6.45. The number of likely N-dealkylation sites (tertiary alicyclic amines) is 1. The Morgan fingerprint density at radius 3 is 2.74 bits per heavy atom. The van der Waals surface area contributed by atoms with E-state index < -0.39 is 0 Å². The Morgan fingerprint density at radius 1 is 1.21 bits per heavy atom. The molecular formula is C14H23N5. The van der Waals surface area contributed by atoms with Crippen molar-refractivity contribution in [2.24, 2.45) is 5.73 Å². The second kappa shape index (κ2) is 5.43. The van der Waals surface area contributed by atoms with Gasteiger partial charge in [-0.15, -0.1) is 0 Å². The highest BCUT2D eigenvalue weighted by Crippen LogP contribution is 2.23. The highest BCUT2D eigenvalue weighted by atomic mass is 15.3. The highest BCUT2D eigenvalue weighted by Gasteiger charge is 2.30. The number of aromatic nitrogens is 2. The molecule has 1 atom stereocenters. The number of anilines is 1. The lowest BCUT2D eigenvalue weighted by molar-refractivity contribution is 0.163. The molecule has 5 heteroatoms. The van der Waals surface area contributed by atoms with Gasteiger partial charge in [0.25, 0.3) is 0 Å². The molecule has 3 heterocycles. The number of hydrogen-bond donors (Lipinski definition) is 1. The molecule has 5 nitrogen and oxygen atoms in total. The van der Waals surface area contributed by atoms with Gasteiger partial charge in [0.05, 0.1) is 0 Å². The molecule has 1 aromatic rings. The van der Waals surface area contributed by atoms with Crippen LogP contribution in [0.25, 0.3) is 0 Å². The van der Waals surface area contributed by atoms with Crippen molar-refractivity contribution in [1.29, 1.82) is 0 Å². The van der Waals surface area contributed by atoms with Crippen molar-refractivity contribution in [2.75, 3.05) is 31.1 Å². The fraction of sp³-hybridized carbons (Fsp3) is 0.714. The summed E-state index contributed by atoms with van der Waals surface area (Å²) in [5.41, 5.74) is 5.98. The second-order valence-corrected chi connectivity index (χ2v) is 5.72. The molecule has 0 spiro atoms. The minimum Gasteiger partial charge on any atom is -0.355 e. The zero-order chi connectivity index (χ0) is 13.2. The number of nitrogens with two attached hydrogens (primary N) is 1. The van der Waals surface area contributed by atoms with E-state index in [4.69, 9.17) is 5.73 Å². The van der Waals surface area contributed by atoms with Crippen LogP contribution in [0.1, 0.15) is 25.1 Å². The van der Waals surface area contributed by atoms with Gasteiger partial charge in [-0.1, -0.05) is 0 Å². The Kier molecular flexibility index (Phi) is 3.66. The first-order chi connectivity index (χ1) is 9.22. The molecule has 19 heavy (non-hydrogen) atoms. The lowest BCUT2D eigenvalue weighted by Gasteiger charge is -2.34. The SMILES string of the molecule is Cc1nccc(N2CCC(N3CCC(N)CC3)C2)n1. The molecule has 0 radical (unpaired) electrons. The van der Waals surface area contributed by atoms with Crippen LogP contribution in [0.4, 0.5) is 5.82 Å². The fourth-order valence-corrected chi connectivity index (χ4v) is 3.15. The Bertz CT molecular complexity index is 428. The number of hydrogen-bond acceptors (Lipinski definition) is 5. The lowest BCUT2D eigenvalue weighted by atomic mass is 10.0. The van der Waals surface area contributed by atoms with E-state index in [-0.39, 0.29) is 0 Å². The molecule has 0 aliphatic carbocycles. The van der Waals surface area contributed by atoms with Crippen molar-refractivity contribution in [3.8, 4) is 0 Å². The minimum atomic E-state index is 0.415. The van der Waals surface area contributed by atoms with Gasteiger partial charge >= 0.3 is 0 Å². The molecule has 1 unspecified atom stereocenters.